The van der Waals surface area contributed by atoms with Crippen LogP contribution in [0.25, 0.3) is 0 Å². The number of ether oxygens (including phenoxy) is 1. The number of carbonyl (C=O) groups is 1. The number of aliphatic carboxylic acids is 1. The fraction of sp³-hybridized carbons (Fsp3) is 0.364. The van der Waals surface area contributed by atoms with Gasteiger partial charge in [-0.2, -0.15) is 0 Å². The Balaban J connectivity index is 2.51. The molecule has 1 unspecified atom stereocenters. The van der Waals surface area contributed by atoms with Crippen molar-refractivity contribution in [2.75, 3.05) is 13.7 Å². The quantitative estimate of drug-likeness (QED) is 0.796. The first-order valence-corrected chi connectivity index (χ1v) is 5.21. The van der Waals surface area contributed by atoms with Gasteiger partial charge in [-0.25, -0.2) is 0 Å². The van der Waals surface area contributed by atoms with E-state index in [1.165, 1.54) is 7.11 Å². The van der Waals surface area contributed by atoms with Crippen LogP contribution in [0, 0.1) is 0 Å². The van der Waals surface area contributed by atoms with Crippen molar-refractivity contribution in [2.45, 2.75) is 12.6 Å². The summed E-state index contributed by atoms with van der Waals surface area (Å²) in [4.78, 5) is 10.8. The summed E-state index contributed by atoms with van der Waals surface area (Å²) in [7, 11) is 1.47. The maximum absolute atomic E-state index is 10.8. The minimum absolute atomic E-state index is 0.135. The smallest absolute Gasteiger partial charge is 0.323 e. The summed E-state index contributed by atoms with van der Waals surface area (Å²) in [6.45, 7) is 0.580. The number of hydrogen-bond donors (Lipinski definition) is 2. The Bertz CT molecular complexity index is 357. The third kappa shape index (κ3) is 4.18. The van der Waals surface area contributed by atoms with Gasteiger partial charge in [-0.05, 0) is 17.7 Å². The Labute approximate surface area is 99.2 Å². The van der Waals surface area contributed by atoms with Crippen molar-refractivity contribution in [2.24, 2.45) is 0 Å². The lowest BCUT2D eigenvalue weighted by atomic mass is 10.2. The lowest BCUT2D eigenvalue weighted by Crippen LogP contribution is -2.39. The number of methoxy groups -OCH3 is 1. The Morgan fingerprint density at radius 1 is 1.62 bits per heavy atom. The molecule has 1 atom stereocenters. The van der Waals surface area contributed by atoms with Crippen LogP contribution in [-0.4, -0.2) is 30.8 Å². The highest BCUT2D eigenvalue weighted by atomic mass is 35.5. The van der Waals surface area contributed by atoms with E-state index in [2.05, 4.69) is 5.32 Å². The molecule has 5 heteroatoms. The van der Waals surface area contributed by atoms with Crippen LogP contribution in [0.3, 0.4) is 0 Å². The van der Waals surface area contributed by atoms with Gasteiger partial charge in [-0.1, -0.05) is 23.7 Å². The molecule has 1 aromatic rings. The van der Waals surface area contributed by atoms with Crippen LogP contribution < -0.4 is 5.32 Å². The summed E-state index contributed by atoms with van der Waals surface area (Å²) in [5.41, 5.74) is 0.940. The van der Waals surface area contributed by atoms with Gasteiger partial charge in [0.2, 0.25) is 0 Å². The van der Waals surface area contributed by atoms with Gasteiger partial charge in [0.05, 0.1) is 6.61 Å². The van der Waals surface area contributed by atoms with Crippen molar-refractivity contribution >= 4 is 17.6 Å². The molecule has 0 saturated carbocycles. The Kier molecular flexibility index (Phi) is 5.25. The maximum atomic E-state index is 10.8. The highest BCUT2D eigenvalue weighted by Gasteiger charge is 2.15. The lowest BCUT2D eigenvalue weighted by Gasteiger charge is -2.13. The monoisotopic (exact) mass is 243 g/mol. The minimum Gasteiger partial charge on any atom is -0.480 e. The number of benzene rings is 1. The average Bonchev–Trinajstić information content (AvgIpc) is 2.24. The molecule has 0 aliphatic carbocycles. The van der Waals surface area contributed by atoms with Crippen LogP contribution in [0.4, 0.5) is 0 Å². The van der Waals surface area contributed by atoms with Gasteiger partial charge in [0, 0.05) is 18.7 Å². The first kappa shape index (κ1) is 13.0. The molecule has 16 heavy (non-hydrogen) atoms. The topological polar surface area (TPSA) is 58.6 Å². The fourth-order valence-electron chi connectivity index (χ4n) is 1.27. The van der Waals surface area contributed by atoms with Crippen LogP contribution in [0.5, 0.6) is 0 Å². The second-order valence-electron chi connectivity index (χ2n) is 3.36. The van der Waals surface area contributed by atoms with E-state index in [0.29, 0.717) is 11.6 Å². The highest BCUT2D eigenvalue weighted by molar-refractivity contribution is 6.30. The Morgan fingerprint density at radius 3 is 2.94 bits per heavy atom. The van der Waals surface area contributed by atoms with Crippen LogP contribution in [0.15, 0.2) is 24.3 Å². The first-order chi connectivity index (χ1) is 7.63. The average molecular weight is 244 g/mol. The van der Waals surface area contributed by atoms with E-state index in [4.69, 9.17) is 21.4 Å². The maximum Gasteiger partial charge on any atom is 0.323 e. The minimum atomic E-state index is -0.927. The summed E-state index contributed by atoms with van der Waals surface area (Å²) < 4.78 is 4.81. The first-order valence-electron chi connectivity index (χ1n) is 4.83. The Hall–Kier alpha value is -1.10. The van der Waals surface area contributed by atoms with Gasteiger partial charge in [-0.15, -0.1) is 0 Å². The summed E-state index contributed by atoms with van der Waals surface area (Å²) in [5, 5.41) is 12.4. The van der Waals surface area contributed by atoms with E-state index in [1.807, 2.05) is 12.1 Å². The summed E-state index contributed by atoms with van der Waals surface area (Å²) in [5.74, 6) is -0.927. The molecule has 4 nitrogen and oxygen atoms in total. The molecule has 0 aliphatic rings. The zero-order chi connectivity index (χ0) is 12.0. The van der Waals surface area contributed by atoms with Gasteiger partial charge >= 0.3 is 5.97 Å². The number of hydrogen-bond acceptors (Lipinski definition) is 3. The number of carboxylic acid groups (broad SMARTS) is 1. The molecular formula is C11H14ClNO3. The molecular weight excluding hydrogens is 230 g/mol. The van der Waals surface area contributed by atoms with Crippen molar-refractivity contribution in [3.8, 4) is 0 Å². The van der Waals surface area contributed by atoms with Gasteiger partial charge in [0.15, 0.2) is 0 Å². The molecule has 0 amide bonds. The zero-order valence-electron chi connectivity index (χ0n) is 8.94. The molecule has 88 valence electrons. The summed E-state index contributed by atoms with van der Waals surface area (Å²) in [6.07, 6.45) is 0. The molecule has 0 fully saturated rings. The van der Waals surface area contributed by atoms with Crippen molar-refractivity contribution in [3.63, 3.8) is 0 Å². The van der Waals surface area contributed by atoms with Gasteiger partial charge < -0.3 is 9.84 Å². The van der Waals surface area contributed by atoms with Crippen LogP contribution in [-0.2, 0) is 16.1 Å². The van der Waals surface area contributed by atoms with E-state index < -0.39 is 12.0 Å². The van der Waals surface area contributed by atoms with Crippen LogP contribution in [0.2, 0.25) is 5.02 Å². The van der Waals surface area contributed by atoms with E-state index in [-0.39, 0.29) is 6.61 Å². The second-order valence-corrected chi connectivity index (χ2v) is 3.79. The van der Waals surface area contributed by atoms with E-state index in [0.717, 1.165) is 5.56 Å². The van der Waals surface area contributed by atoms with Gasteiger partial charge in [-0.3, -0.25) is 10.1 Å². The molecule has 0 aliphatic heterocycles. The van der Waals surface area contributed by atoms with Crippen molar-refractivity contribution in [1.29, 1.82) is 0 Å². The third-order valence-corrected chi connectivity index (χ3v) is 2.31. The SMILES string of the molecule is COCC(NCc1cccc(Cl)c1)C(=O)O. The fourth-order valence-corrected chi connectivity index (χ4v) is 1.49. The number of nitrogens with one attached hydrogen (secondary N) is 1. The normalized spacial score (nSPS) is 12.4. The Morgan fingerprint density at radius 2 is 2.38 bits per heavy atom. The van der Waals surface area contributed by atoms with Crippen molar-refractivity contribution in [3.05, 3.63) is 34.9 Å². The van der Waals surface area contributed by atoms with E-state index >= 15 is 0 Å². The van der Waals surface area contributed by atoms with Gasteiger partial charge in [0.25, 0.3) is 0 Å². The largest absolute Gasteiger partial charge is 0.480 e. The molecule has 0 bridgehead atoms. The zero-order valence-corrected chi connectivity index (χ0v) is 9.70. The van der Waals surface area contributed by atoms with Gasteiger partial charge in [0.1, 0.15) is 6.04 Å². The molecule has 0 heterocycles. The molecule has 0 aromatic heterocycles. The summed E-state index contributed by atoms with van der Waals surface area (Å²) in [6, 6.07) is 6.56. The molecule has 0 spiro atoms. The molecule has 0 saturated heterocycles. The number of carboxylic acids is 1. The van der Waals surface area contributed by atoms with Crippen molar-refractivity contribution < 1.29 is 14.6 Å². The molecule has 2 N–H and O–H groups in total. The number of rotatable bonds is 6. The predicted octanol–water partition coefficient (Wildman–Crippen LogP) is 1.53. The van der Waals surface area contributed by atoms with Crippen molar-refractivity contribution in [1.82, 2.24) is 5.32 Å². The molecule has 1 rings (SSSR count). The van der Waals surface area contributed by atoms with Crippen LogP contribution >= 0.6 is 11.6 Å². The third-order valence-electron chi connectivity index (χ3n) is 2.07. The lowest BCUT2D eigenvalue weighted by molar-refractivity contribution is -0.140. The number of halogens is 1. The van der Waals surface area contributed by atoms with E-state index in [9.17, 15) is 4.79 Å². The predicted molar refractivity (Wildman–Crippen MR) is 61.6 cm³/mol. The summed E-state index contributed by atoms with van der Waals surface area (Å²) >= 11 is 5.82. The second kappa shape index (κ2) is 6.48. The van der Waals surface area contributed by atoms with Crippen LogP contribution in [0.1, 0.15) is 5.56 Å². The molecule has 1 aromatic carbocycles. The highest BCUT2D eigenvalue weighted by Crippen LogP contribution is 2.10. The van der Waals surface area contributed by atoms with E-state index in [1.54, 1.807) is 12.1 Å². The standard InChI is InChI=1S/C11H14ClNO3/c1-16-7-10(11(14)15)13-6-8-3-2-4-9(12)5-8/h2-5,10,13H,6-7H2,1H3,(H,14,15). The molecule has 0 radical (unpaired) electrons.